The molecule has 0 spiro atoms. The molecule has 1 aromatic rings. The molecule has 158 valence electrons. The molecule has 28 heavy (non-hydrogen) atoms. The summed E-state index contributed by atoms with van der Waals surface area (Å²) in [6.07, 6.45) is 0.968. The van der Waals surface area contributed by atoms with Gasteiger partial charge in [0.1, 0.15) is 0 Å². The van der Waals surface area contributed by atoms with Crippen molar-refractivity contribution in [2.24, 2.45) is 4.99 Å². The van der Waals surface area contributed by atoms with Gasteiger partial charge in [-0.2, -0.15) is 0 Å². The van der Waals surface area contributed by atoms with Gasteiger partial charge in [-0.25, -0.2) is 4.99 Å². The molecule has 7 nitrogen and oxygen atoms in total. The van der Waals surface area contributed by atoms with E-state index in [1.807, 2.05) is 18.2 Å². The second-order valence-corrected chi connectivity index (χ2v) is 6.91. The number of methoxy groups -OCH3 is 1. The fourth-order valence-corrected chi connectivity index (χ4v) is 3.05. The van der Waals surface area contributed by atoms with Gasteiger partial charge in [-0.05, 0) is 38.0 Å². The van der Waals surface area contributed by atoms with E-state index in [1.54, 1.807) is 7.11 Å². The van der Waals surface area contributed by atoms with Crippen molar-refractivity contribution in [3.63, 3.8) is 0 Å². The van der Waals surface area contributed by atoms with E-state index >= 15 is 0 Å². The summed E-state index contributed by atoms with van der Waals surface area (Å²) in [5, 5.41) is 6.78. The number of morpholine rings is 1. The molecule has 1 fully saturated rings. The highest BCUT2D eigenvalue weighted by Crippen LogP contribution is 2.28. The van der Waals surface area contributed by atoms with Crippen LogP contribution >= 0.6 is 0 Å². The molecular formula is C21H36N4O3. The van der Waals surface area contributed by atoms with Gasteiger partial charge < -0.3 is 24.8 Å². The number of guanidine groups is 1. The van der Waals surface area contributed by atoms with Crippen LogP contribution in [0.15, 0.2) is 23.2 Å². The Kier molecular flexibility index (Phi) is 9.93. The number of hydrogen-bond acceptors (Lipinski definition) is 5. The van der Waals surface area contributed by atoms with Crippen LogP contribution in [0.3, 0.4) is 0 Å². The van der Waals surface area contributed by atoms with E-state index in [4.69, 9.17) is 19.2 Å². The molecule has 1 aromatic carbocycles. The Morgan fingerprint density at radius 3 is 2.68 bits per heavy atom. The van der Waals surface area contributed by atoms with Crippen LogP contribution in [0.25, 0.3) is 0 Å². The maximum absolute atomic E-state index is 5.72. The Bertz CT molecular complexity index is 603. The fourth-order valence-electron chi connectivity index (χ4n) is 3.05. The second-order valence-electron chi connectivity index (χ2n) is 6.91. The highest BCUT2D eigenvalue weighted by Gasteiger charge is 2.17. The van der Waals surface area contributed by atoms with Crippen LogP contribution in [-0.2, 0) is 11.3 Å². The molecule has 0 aromatic heterocycles. The lowest BCUT2D eigenvalue weighted by molar-refractivity contribution is 0.0211. The molecule has 0 bridgehead atoms. The molecule has 1 heterocycles. The lowest BCUT2D eigenvalue weighted by Gasteiger charge is -2.32. The first-order chi connectivity index (χ1) is 13.7. The van der Waals surface area contributed by atoms with E-state index in [0.29, 0.717) is 19.2 Å². The predicted molar refractivity (Wildman–Crippen MR) is 113 cm³/mol. The highest BCUT2D eigenvalue weighted by molar-refractivity contribution is 5.79. The van der Waals surface area contributed by atoms with Gasteiger partial charge in [-0.15, -0.1) is 0 Å². The number of rotatable bonds is 10. The van der Waals surface area contributed by atoms with Crippen LogP contribution in [-0.4, -0.2) is 70.0 Å². The summed E-state index contributed by atoms with van der Waals surface area (Å²) in [4.78, 5) is 7.17. The van der Waals surface area contributed by atoms with Crippen molar-refractivity contribution in [2.75, 3.05) is 53.1 Å². The van der Waals surface area contributed by atoms with Crippen molar-refractivity contribution >= 4 is 5.96 Å². The van der Waals surface area contributed by atoms with Crippen molar-refractivity contribution in [1.82, 2.24) is 15.5 Å². The molecule has 0 radical (unpaired) electrons. The van der Waals surface area contributed by atoms with Crippen LogP contribution < -0.4 is 20.1 Å². The average Bonchev–Trinajstić information content (AvgIpc) is 2.74. The van der Waals surface area contributed by atoms with E-state index in [0.717, 1.165) is 68.8 Å². The lowest BCUT2D eigenvalue weighted by atomic mass is 10.2. The van der Waals surface area contributed by atoms with Crippen molar-refractivity contribution in [3.8, 4) is 11.5 Å². The number of hydrogen-bond donors (Lipinski definition) is 2. The Labute approximate surface area is 169 Å². The summed E-state index contributed by atoms with van der Waals surface area (Å²) in [6, 6.07) is 6.42. The summed E-state index contributed by atoms with van der Waals surface area (Å²) in [6.45, 7) is 12.9. The lowest BCUT2D eigenvalue weighted by Crippen LogP contribution is -2.49. The van der Waals surface area contributed by atoms with Crippen molar-refractivity contribution in [1.29, 1.82) is 0 Å². The largest absolute Gasteiger partial charge is 0.493 e. The minimum atomic E-state index is 0.433. The Hall–Kier alpha value is -1.99. The van der Waals surface area contributed by atoms with Gasteiger partial charge in [-0.3, -0.25) is 4.90 Å². The average molecular weight is 393 g/mol. The molecule has 1 aliphatic rings. The minimum Gasteiger partial charge on any atom is -0.493 e. The third kappa shape index (κ3) is 7.20. The van der Waals surface area contributed by atoms with Gasteiger partial charge in [0.05, 0.1) is 33.5 Å². The third-order valence-electron chi connectivity index (χ3n) is 4.69. The number of benzene rings is 1. The molecule has 1 aliphatic heterocycles. The SMILES string of the molecule is CCCOc1ccc(CN=C(NCC)NCC(C)N2CCOCC2)cc1OC. The van der Waals surface area contributed by atoms with Crippen LogP contribution in [0.1, 0.15) is 32.8 Å². The minimum absolute atomic E-state index is 0.433. The van der Waals surface area contributed by atoms with Gasteiger partial charge in [0, 0.05) is 32.2 Å². The van der Waals surface area contributed by atoms with Crippen molar-refractivity contribution in [2.45, 2.75) is 39.8 Å². The van der Waals surface area contributed by atoms with Crippen molar-refractivity contribution < 1.29 is 14.2 Å². The second kappa shape index (κ2) is 12.5. The molecule has 0 amide bonds. The van der Waals surface area contributed by atoms with E-state index < -0.39 is 0 Å². The summed E-state index contributed by atoms with van der Waals surface area (Å²) in [5.41, 5.74) is 1.08. The fraction of sp³-hybridized carbons (Fsp3) is 0.667. The molecule has 7 heteroatoms. The summed E-state index contributed by atoms with van der Waals surface area (Å²) < 4.78 is 16.6. The molecule has 0 aliphatic carbocycles. The topological polar surface area (TPSA) is 67.4 Å². The smallest absolute Gasteiger partial charge is 0.191 e. The molecular weight excluding hydrogens is 356 g/mol. The van der Waals surface area contributed by atoms with Gasteiger partial charge in [0.25, 0.3) is 0 Å². The number of nitrogens with zero attached hydrogens (tertiary/aromatic N) is 2. The Morgan fingerprint density at radius 2 is 2.00 bits per heavy atom. The summed E-state index contributed by atoms with van der Waals surface area (Å²) in [7, 11) is 1.67. The maximum atomic E-state index is 5.72. The maximum Gasteiger partial charge on any atom is 0.191 e. The number of aliphatic imine (C=N–C) groups is 1. The molecule has 1 atom stereocenters. The van der Waals surface area contributed by atoms with Gasteiger partial charge >= 0.3 is 0 Å². The Balaban J connectivity index is 1.93. The standard InChI is InChI=1S/C21H36N4O3/c1-5-11-28-19-8-7-18(14-20(19)26-4)16-24-21(22-6-2)23-15-17(3)25-9-12-27-13-10-25/h7-8,14,17H,5-6,9-13,15-16H2,1-4H3,(H2,22,23,24). The van der Waals surface area contributed by atoms with Gasteiger partial charge in [0.2, 0.25) is 0 Å². The normalized spacial score (nSPS) is 16.5. The highest BCUT2D eigenvalue weighted by atomic mass is 16.5. The monoisotopic (exact) mass is 392 g/mol. The molecule has 2 N–H and O–H groups in total. The van der Waals surface area contributed by atoms with Crippen molar-refractivity contribution in [3.05, 3.63) is 23.8 Å². The molecule has 1 saturated heterocycles. The van der Waals surface area contributed by atoms with Crippen LogP contribution in [0.5, 0.6) is 11.5 Å². The first-order valence-corrected chi connectivity index (χ1v) is 10.3. The van der Waals surface area contributed by atoms with Crippen LogP contribution in [0.2, 0.25) is 0 Å². The molecule has 1 unspecified atom stereocenters. The van der Waals surface area contributed by atoms with E-state index in [9.17, 15) is 0 Å². The van der Waals surface area contributed by atoms with E-state index in [-0.39, 0.29) is 0 Å². The zero-order valence-electron chi connectivity index (χ0n) is 17.8. The first kappa shape index (κ1) is 22.3. The number of nitrogens with one attached hydrogen (secondary N) is 2. The molecule has 2 rings (SSSR count). The third-order valence-corrected chi connectivity index (χ3v) is 4.69. The van der Waals surface area contributed by atoms with Crippen LogP contribution in [0, 0.1) is 0 Å². The van der Waals surface area contributed by atoms with Gasteiger partial charge in [0.15, 0.2) is 17.5 Å². The summed E-state index contributed by atoms with van der Waals surface area (Å²) >= 11 is 0. The van der Waals surface area contributed by atoms with E-state index in [1.165, 1.54) is 0 Å². The van der Waals surface area contributed by atoms with Gasteiger partial charge in [-0.1, -0.05) is 13.0 Å². The summed E-state index contributed by atoms with van der Waals surface area (Å²) in [5.74, 6) is 2.36. The van der Waals surface area contributed by atoms with Crippen LogP contribution in [0.4, 0.5) is 0 Å². The predicted octanol–water partition coefficient (Wildman–Crippen LogP) is 2.26. The molecule has 0 saturated carbocycles. The zero-order valence-corrected chi connectivity index (χ0v) is 17.8. The van der Waals surface area contributed by atoms with E-state index in [2.05, 4.69) is 36.3 Å². The number of ether oxygens (including phenoxy) is 3. The zero-order chi connectivity index (χ0) is 20.2. The first-order valence-electron chi connectivity index (χ1n) is 10.3. The quantitative estimate of drug-likeness (QED) is 0.470. The Morgan fingerprint density at radius 1 is 1.21 bits per heavy atom.